The first-order valence-electron chi connectivity index (χ1n) is 11.9. The summed E-state index contributed by atoms with van der Waals surface area (Å²) in [6.07, 6.45) is -6.77. The number of likely N-dealkylation sites (N-methyl/N-ethyl adjacent to an activating group) is 1. The molecule has 0 atom stereocenters. The van der Waals surface area contributed by atoms with Crippen molar-refractivity contribution < 1.29 is 45.9 Å². The molecule has 0 fully saturated rings. The van der Waals surface area contributed by atoms with E-state index in [4.69, 9.17) is 14.7 Å². The third kappa shape index (κ3) is 8.89. The van der Waals surface area contributed by atoms with E-state index < -0.39 is 30.9 Å². The van der Waals surface area contributed by atoms with Crippen LogP contribution in [0.15, 0.2) is 53.2 Å². The lowest BCUT2D eigenvalue weighted by Gasteiger charge is -2.11. The van der Waals surface area contributed by atoms with Gasteiger partial charge < -0.3 is 29.4 Å². The molecular formula is C26H28F6N4O4. The summed E-state index contributed by atoms with van der Waals surface area (Å²) in [6, 6.07) is 10.6. The van der Waals surface area contributed by atoms with E-state index in [1.54, 1.807) is 29.9 Å². The molecule has 0 spiro atoms. The molecule has 2 heterocycles. The molecule has 0 bridgehead atoms. The zero-order valence-electron chi connectivity index (χ0n) is 21.6. The summed E-state index contributed by atoms with van der Waals surface area (Å²) >= 11 is 0. The fourth-order valence-corrected chi connectivity index (χ4v) is 3.33. The number of hydrogen-bond donors (Lipinski definition) is 3. The van der Waals surface area contributed by atoms with Gasteiger partial charge in [-0.2, -0.15) is 31.3 Å². The van der Waals surface area contributed by atoms with Gasteiger partial charge in [-0.15, -0.1) is 0 Å². The van der Waals surface area contributed by atoms with Gasteiger partial charge >= 0.3 is 12.4 Å². The smallest absolute Gasteiger partial charge is 0.395 e. The molecular weight excluding hydrogens is 546 g/mol. The first kappa shape index (κ1) is 32.5. The quantitative estimate of drug-likeness (QED) is 0.205. The Morgan fingerprint density at radius 3 is 2.30 bits per heavy atom. The van der Waals surface area contributed by atoms with Crippen LogP contribution in [0.4, 0.5) is 26.3 Å². The van der Waals surface area contributed by atoms with Gasteiger partial charge in [-0.25, -0.2) is 0 Å². The molecule has 8 nitrogen and oxygen atoms in total. The van der Waals surface area contributed by atoms with E-state index in [2.05, 4.69) is 15.5 Å². The summed E-state index contributed by atoms with van der Waals surface area (Å²) in [4.78, 5) is 15.1. The lowest BCUT2D eigenvalue weighted by Crippen LogP contribution is -2.10. The maximum absolute atomic E-state index is 13.2. The molecule has 0 saturated heterocycles. The van der Waals surface area contributed by atoms with E-state index in [-0.39, 0.29) is 36.0 Å². The molecule has 0 amide bonds. The Balaban J connectivity index is 0.000000433. The second kappa shape index (κ2) is 14.6. The number of hydrogen-bond acceptors (Lipinski definition) is 7. The molecule has 0 aliphatic heterocycles. The van der Waals surface area contributed by atoms with Crippen LogP contribution in [0.2, 0.25) is 0 Å². The minimum atomic E-state index is -4.62. The van der Waals surface area contributed by atoms with Crippen molar-refractivity contribution in [3.8, 4) is 22.8 Å². The number of alkyl halides is 6. The third-order valence-corrected chi connectivity index (χ3v) is 5.35. The minimum Gasteiger partial charge on any atom is -0.395 e. The van der Waals surface area contributed by atoms with Gasteiger partial charge in [0.2, 0.25) is 5.82 Å². The molecule has 2 aromatic heterocycles. The fourth-order valence-electron chi connectivity index (χ4n) is 3.33. The van der Waals surface area contributed by atoms with Crippen LogP contribution in [0.3, 0.4) is 0 Å². The van der Waals surface area contributed by atoms with Gasteiger partial charge in [-0.1, -0.05) is 30.3 Å². The minimum absolute atomic E-state index is 0.0701. The number of aliphatic hydroxyl groups is 2. The number of carbonyl (C=O) groups is 1. The highest BCUT2D eigenvalue weighted by Gasteiger charge is 2.34. The van der Waals surface area contributed by atoms with Crippen molar-refractivity contribution in [2.24, 2.45) is 0 Å². The van der Waals surface area contributed by atoms with Crippen LogP contribution in [0.1, 0.15) is 24.5 Å². The highest BCUT2D eigenvalue weighted by atomic mass is 19.4. The van der Waals surface area contributed by atoms with E-state index in [1.165, 1.54) is 12.1 Å². The van der Waals surface area contributed by atoms with E-state index >= 15 is 0 Å². The molecule has 0 aliphatic carbocycles. The molecule has 4 aromatic rings. The Labute approximate surface area is 225 Å². The first-order chi connectivity index (χ1) is 18.9. The molecule has 0 aliphatic rings. The average Bonchev–Trinajstić information content (AvgIpc) is 3.57. The van der Waals surface area contributed by atoms with E-state index in [0.717, 1.165) is 30.2 Å². The summed E-state index contributed by atoms with van der Waals surface area (Å²) in [5.74, 6) is 0.147. The van der Waals surface area contributed by atoms with Crippen LogP contribution >= 0.6 is 0 Å². The Bertz CT molecular complexity index is 1360. The molecule has 218 valence electrons. The zero-order chi connectivity index (χ0) is 29.9. The number of benzene rings is 2. The van der Waals surface area contributed by atoms with E-state index in [1.807, 2.05) is 12.1 Å². The topological polar surface area (TPSA) is 113 Å². The predicted octanol–water partition coefficient (Wildman–Crippen LogP) is 5.23. The molecule has 0 unspecified atom stereocenters. The van der Waals surface area contributed by atoms with Crippen LogP contribution in [0.25, 0.3) is 33.7 Å². The summed E-state index contributed by atoms with van der Waals surface area (Å²) in [5.41, 5.74) is 0.337. The van der Waals surface area contributed by atoms with Crippen LogP contribution in [-0.4, -0.2) is 57.6 Å². The van der Waals surface area contributed by atoms with Crippen molar-refractivity contribution in [1.82, 2.24) is 20.0 Å². The Kier molecular flexibility index (Phi) is 11.8. The monoisotopic (exact) mass is 574 g/mol. The van der Waals surface area contributed by atoms with E-state index in [9.17, 15) is 31.1 Å². The number of fused-ring (bicyclic) bond motifs is 1. The Morgan fingerprint density at radius 2 is 1.77 bits per heavy atom. The average molecular weight is 575 g/mol. The molecule has 2 aromatic carbocycles. The van der Waals surface area contributed by atoms with Crippen molar-refractivity contribution in [3.63, 3.8) is 0 Å². The number of rotatable bonds is 7. The Hall–Kier alpha value is -3.75. The number of aldehydes is 1. The first-order valence-corrected chi connectivity index (χ1v) is 11.9. The third-order valence-electron chi connectivity index (χ3n) is 5.35. The normalized spacial score (nSPS) is 11.4. The maximum atomic E-state index is 13.2. The fraction of sp³-hybridized carbons (Fsp3) is 0.346. The highest BCUT2D eigenvalue weighted by Crippen LogP contribution is 2.35. The van der Waals surface area contributed by atoms with Gasteiger partial charge in [0, 0.05) is 41.2 Å². The number of aromatic nitrogens is 3. The highest BCUT2D eigenvalue weighted by molar-refractivity contribution is 5.94. The molecule has 3 N–H and O–H groups in total. The van der Waals surface area contributed by atoms with Gasteiger partial charge in [0.1, 0.15) is 6.29 Å². The Morgan fingerprint density at radius 1 is 1.07 bits per heavy atom. The largest absolute Gasteiger partial charge is 0.416 e. The SMILES string of the molecule is CCC(F)(F)F.CNCCO.O=CCn1ccc2c(-c3noc(-c4ccc(CO)c(C(F)(F)F)c4)n3)cccc21. The number of nitrogens with zero attached hydrogens (tertiary/aromatic N) is 3. The van der Waals surface area contributed by atoms with Crippen LogP contribution in [0.5, 0.6) is 0 Å². The van der Waals surface area contributed by atoms with Crippen molar-refractivity contribution in [2.45, 2.75) is 38.8 Å². The lowest BCUT2D eigenvalue weighted by atomic mass is 10.0. The molecule has 14 heteroatoms. The summed E-state index contributed by atoms with van der Waals surface area (Å²) in [7, 11) is 1.80. The van der Waals surface area contributed by atoms with Gasteiger partial charge in [-0.05, 0) is 36.9 Å². The second-order valence-corrected chi connectivity index (χ2v) is 8.12. The predicted molar refractivity (Wildman–Crippen MR) is 135 cm³/mol. The van der Waals surface area contributed by atoms with Gasteiger partial charge in [0.05, 0.1) is 25.3 Å². The van der Waals surface area contributed by atoms with Gasteiger partial charge in [0.25, 0.3) is 5.89 Å². The zero-order valence-corrected chi connectivity index (χ0v) is 21.6. The van der Waals surface area contributed by atoms with Gasteiger partial charge in [0.15, 0.2) is 0 Å². The maximum Gasteiger partial charge on any atom is 0.416 e. The van der Waals surface area contributed by atoms with Crippen LogP contribution < -0.4 is 5.32 Å². The molecule has 40 heavy (non-hydrogen) atoms. The van der Waals surface area contributed by atoms with Crippen LogP contribution in [0, 0.1) is 0 Å². The molecule has 4 rings (SSSR count). The van der Waals surface area contributed by atoms with Gasteiger partial charge in [-0.3, -0.25) is 0 Å². The summed E-state index contributed by atoms with van der Waals surface area (Å²) in [6.45, 7) is 1.47. The summed E-state index contributed by atoms with van der Waals surface area (Å²) < 4.78 is 79.0. The lowest BCUT2D eigenvalue weighted by molar-refractivity contribution is -0.138. The van der Waals surface area contributed by atoms with Crippen molar-refractivity contribution in [2.75, 3.05) is 20.2 Å². The number of carbonyl (C=O) groups excluding carboxylic acids is 1. The van der Waals surface area contributed by atoms with Crippen LogP contribution in [-0.2, 0) is 24.1 Å². The number of aliphatic hydroxyl groups excluding tert-OH is 2. The van der Waals surface area contributed by atoms with Crippen molar-refractivity contribution >= 4 is 17.2 Å². The van der Waals surface area contributed by atoms with E-state index in [0.29, 0.717) is 12.1 Å². The standard InChI is InChI=1S/C20H14F3N3O3.C3H5F3.C3H9NO/c21-20(22,23)16-10-12(4-5-13(16)11-28)19-24-18(25-29-19)15-2-1-3-17-14(15)6-7-26(17)8-9-27;1-2-3(4,5)6;1-4-2-3-5/h1-7,9-10,28H,8,11H2;2H2,1H3;4-5H,2-3H2,1H3. The molecule has 0 saturated carbocycles. The van der Waals surface area contributed by atoms with Crippen molar-refractivity contribution in [1.29, 1.82) is 0 Å². The second-order valence-electron chi connectivity index (χ2n) is 8.12. The van der Waals surface area contributed by atoms with Crippen molar-refractivity contribution in [3.05, 3.63) is 59.8 Å². The summed E-state index contributed by atoms with van der Waals surface area (Å²) in [5, 5.41) is 24.6. The number of nitrogens with one attached hydrogen (secondary N) is 1. The number of halogens is 6. The molecule has 0 radical (unpaired) electrons.